The van der Waals surface area contributed by atoms with Gasteiger partial charge in [0.15, 0.2) is 0 Å². The topological polar surface area (TPSA) is 35.0 Å². The van der Waals surface area contributed by atoms with Crippen molar-refractivity contribution in [3.05, 3.63) is 49.9 Å². The van der Waals surface area contributed by atoms with Gasteiger partial charge in [-0.1, -0.05) is 34.8 Å². The quantitative estimate of drug-likeness (QED) is 0.732. The minimum absolute atomic E-state index is 0.238. The standard InChI is InChI=1S/C11H6BrCl3N2O/c12-7-1-9(14)10(2-8(7)13)18-5-6-3-17-11(15)4-16-6/h1-4H,5H2. The van der Waals surface area contributed by atoms with Gasteiger partial charge in [-0.25, -0.2) is 4.98 Å². The lowest BCUT2D eigenvalue weighted by Gasteiger charge is -2.08. The third-order valence-electron chi connectivity index (χ3n) is 2.02. The largest absolute Gasteiger partial charge is 0.486 e. The van der Waals surface area contributed by atoms with E-state index in [0.717, 1.165) is 0 Å². The van der Waals surface area contributed by atoms with Gasteiger partial charge in [-0.05, 0) is 22.0 Å². The molecule has 3 nitrogen and oxygen atoms in total. The molecule has 0 amide bonds. The second-order valence-corrected chi connectivity index (χ2v) is 5.37. The molecule has 0 unspecified atom stereocenters. The molecule has 1 aromatic heterocycles. The first-order valence-electron chi connectivity index (χ1n) is 4.80. The lowest BCUT2D eigenvalue weighted by atomic mass is 10.3. The predicted octanol–water partition coefficient (Wildman–Crippen LogP) is 4.78. The minimum Gasteiger partial charge on any atom is -0.486 e. The Morgan fingerprint density at radius 3 is 2.50 bits per heavy atom. The van der Waals surface area contributed by atoms with Crippen LogP contribution in [-0.2, 0) is 6.61 Å². The van der Waals surface area contributed by atoms with E-state index in [1.165, 1.54) is 12.4 Å². The number of nitrogens with zero attached hydrogens (tertiary/aromatic N) is 2. The first-order chi connectivity index (χ1) is 8.56. The van der Waals surface area contributed by atoms with Crippen molar-refractivity contribution in [2.75, 3.05) is 0 Å². The summed E-state index contributed by atoms with van der Waals surface area (Å²) < 4.78 is 6.23. The Morgan fingerprint density at radius 2 is 1.83 bits per heavy atom. The molecule has 1 aromatic carbocycles. The van der Waals surface area contributed by atoms with Gasteiger partial charge in [0, 0.05) is 10.5 Å². The molecular weight excluding hydrogens is 362 g/mol. The smallest absolute Gasteiger partial charge is 0.147 e. The molecule has 0 N–H and O–H groups in total. The molecular formula is C11H6BrCl3N2O. The van der Waals surface area contributed by atoms with Crippen molar-refractivity contribution in [1.29, 1.82) is 0 Å². The zero-order chi connectivity index (χ0) is 13.1. The van der Waals surface area contributed by atoms with Gasteiger partial charge < -0.3 is 4.74 Å². The highest BCUT2D eigenvalue weighted by atomic mass is 79.9. The monoisotopic (exact) mass is 366 g/mol. The summed E-state index contributed by atoms with van der Waals surface area (Å²) in [5, 5.41) is 1.33. The van der Waals surface area contributed by atoms with Crippen LogP contribution < -0.4 is 4.74 Å². The zero-order valence-corrected chi connectivity index (χ0v) is 12.7. The maximum Gasteiger partial charge on any atom is 0.147 e. The van der Waals surface area contributed by atoms with Crippen LogP contribution >= 0.6 is 50.7 Å². The number of hydrogen-bond donors (Lipinski definition) is 0. The van der Waals surface area contributed by atoms with Crippen molar-refractivity contribution >= 4 is 50.7 Å². The van der Waals surface area contributed by atoms with Crippen LogP contribution in [0.4, 0.5) is 0 Å². The summed E-state index contributed by atoms with van der Waals surface area (Å²) in [5.74, 6) is 0.488. The minimum atomic E-state index is 0.238. The van der Waals surface area contributed by atoms with E-state index in [-0.39, 0.29) is 6.61 Å². The second-order valence-electron chi connectivity index (χ2n) is 3.32. The average Bonchev–Trinajstić information content (AvgIpc) is 2.34. The Kier molecular flexibility index (Phi) is 4.67. The summed E-state index contributed by atoms with van der Waals surface area (Å²) >= 11 is 20.9. The van der Waals surface area contributed by atoms with E-state index in [1.54, 1.807) is 12.1 Å². The maximum absolute atomic E-state index is 6.02. The average molecular weight is 368 g/mol. The molecule has 0 radical (unpaired) electrons. The van der Waals surface area contributed by atoms with Gasteiger partial charge in [0.05, 0.1) is 28.1 Å². The Bertz CT molecular complexity index is 563. The van der Waals surface area contributed by atoms with Gasteiger partial charge in [-0.15, -0.1) is 0 Å². The first kappa shape index (κ1) is 13.9. The molecule has 0 aliphatic rings. The Morgan fingerprint density at radius 1 is 1.06 bits per heavy atom. The van der Waals surface area contributed by atoms with Crippen molar-refractivity contribution < 1.29 is 4.74 Å². The highest BCUT2D eigenvalue weighted by Gasteiger charge is 2.07. The molecule has 1 heterocycles. The van der Waals surface area contributed by atoms with Crippen LogP contribution in [0.25, 0.3) is 0 Å². The molecule has 2 rings (SSSR count). The Balaban J connectivity index is 2.10. The molecule has 0 aliphatic carbocycles. The highest BCUT2D eigenvalue weighted by molar-refractivity contribution is 9.10. The molecule has 0 bridgehead atoms. The van der Waals surface area contributed by atoms with Crippen molar-refractivity contribution in [3.8, 4) is 5.75 Å². The van der Waals surface area contributed by atoms with Gasteiger partial charge in [0.2, 0.25) is 0 Å². The summed E-state index contributed by atoms with van der Waals surface area (Å²) in [4.78, 5) is 7.96. The molecule has 0 spiro atoms. The third-order valence-corrected chi connectivity index (χ3v) is 3.71. The van der Waals surface area contributed by atoms with Crippen LogP contribution in [0.15, 0.2) is 29.0 Å². The number of halogens is 4. The SMILES string of the molecule is Clc1cnc(COc2cc(Cl)c(Br)cc2Cl)cn1. The Labute approximate surface area is 127 Å². The number of rotatable bonds is 3. The van der Waals surface area contributed by atoms with Gasteiger partial charge >= 0.3 is 0 Å². The summed E-state index contributed by atoms with van der Waals surface area (Å²) in [5.41, 5.74) is 0.648. The molecule has 94 valence electrons. The molecule has 18 heavy (non-hydrogen) atoms. The number of aromatic nitrogens is 2. The summed E-state index contributed by atoms with van der Waals surface area (Å²) in [7, 11) is 0. The fraction of sp³-hybridized carbons (Fsp3) is 0.0909. The van der Waals surface area contributed by atoms with Crippen LogP contribution in [0, 0.1) is 0 Å². The molecule has 2 aromatic rings. The van der Waals surface area contributed by atoms with Gasteiger partial charge in [0.25, 0.3) is 0 Å². The van der Waals surface area contributed by atoms with Crippen LogP contribution in [0.5, 0.6) is 5.75 Å². The lowest BCUT2D eigenvalue weighted by molar-refractivity contribution is 0.301. The van der Waals surface area contributed by atoms with E-state index in [9.17, 15) is 0 Å². The molecule has 0 fully saturated rings. The second kappa shape index (κ2) is 6.06. The lowest BCUT2D eigenvalue weighted by Crippen LogP contribution is -1.99. The van der Waals surface area contributed by atoms with Crippen molar-refractivity contribution in [2.45, 2.75) is 6.61 Å². The van der Waals surface area contributed by atoms with Crippen LogP contribution in [-0.4, -0.2) is 9.97 Å². The zero-order valence-electron chi connectivity index (χ0n) is 8.83. The summed E-state index contributed by atoms with van der Waals surface area (Å²) in [6.07, 6.45) is 2.99. The van der Waals surface area contributed by atoms with E-state index in [1.807, 2.05) is 0 Å². The van der Waals surface area contributed by atoms with Gasteiger partial charge in [-0.3, -0.25) is 4.98 Å². The van der Waals surface area contributed by atoms with E-state index in [4.69, 9.17) is 39.5 Å². The van der Waals surface area contributed by atoms with Crippen molar-refractivity contribution in [1.82, 2.24) is 9.97 Å². The summed E-state index contributed by atoms with van der Waals surface area (Å²) in [6.45, 7) is 0.238. The van der Waals surface area contributed by atoms with Crippen LogP contribution in [0.2, 0.25) is 15.2 Å². The fourth-order valence-electron chi connectivity index (χ4n) is 1.18. The van der Waals surface area contributed by atoms with E-state index >= 15 is 0 Å². The molecule has 0 saturated carbocycles. The highest BCUT2D eigenvalue weighted by Crippen LogP contribution is 2.34. The van der Waals surface area contributed by atoms with Crippen molar-refractivity contribution in [3.63, 3.8) is 0 Å². The van der Waals surface area contributed by atoms with E-state index < -0.39 is 0 Å². The van der Waals surface area contributed by atoms with E-state index in [2.05, 4.69) is 25.9 Å². The maximum atomic E-state index is 6.02. The normalized spacial score (nSPS) is 10.4. The molecule has 0 aliphatic heterocycles. The van der Waals surface area contributed by atoms with Crippen LogP contribution in [0.1, 0.15) is 5.69 Å². The van der Waals surface area contributed by atoms with E-state index in [0.29, 0.717) is 31.1 Å². The third kappa shape index (κ3) is 3.48. The van der Waals surface area contributed by atoms with Crippen molar-refractivity contribution in [2.24, 2.45) is 0 Å². The number of hydrogen-bond acceptors (Lipinski definition) is 3. The molecule has 7 heteroatoms. The fourth-order valence-corrected chi connectivity index (χ4v) is 2.12. The number of ether oxygens (including phenoxy) is 1. The molecule has 0 saturated heterocycles. The number of benzene rings is 1. The summed E-state index contributed by atoms with van der Waals surface area (Å²) in [6, 6.07) is 3.31. The van der Waals surface area contributed by atoms with Gasteiger partial charge in [-0.2, -0.15) is 0 Å². The predicted molar refractivity (Wildman–Crippen MR) is 75.5 cm³/mol. The first-order valence-corrected chi connectivity index (χ1v) is 6.72. The van der Waals surface area contributed by atoms with Gasteiger partial charge in [0.1, 0.15) is 17.5 Å². The van der Waals surface area contributed by atoms with Crippen LogP contribution in [0.3, 0.4) is 0 Å². The molecule has 0 atom stereocenters. The Hall–Kier alpha value is -0.550.